The molecule has 0 radical (unpaired) electrons. The second kappa shape index (κ2) is 9.75. The van der Waals surface area contributed by atoms with Gasteiger partial charge in [-0.25, -0.2) is 0 Å². The van der Waals surface area contributed by atoms with Crippen molar-refractivity contribution in [2.24, 2.45) is 0 Å². The van der Waals surface area contributed by atoms with Gasteiger partial charge in [-0.2, -0.15) is 0 Å². The molecule has 0 aliphatic carbocycles. The highest BCUT2D eigenvalue weighted by atomic mass is 32.1. The summed E-state index contributed by atoms with van der Waals surface area (Å²) < 4.78 is 5.72. The second-order valence-electron chi connectivity index (χ2n) is 4.91. The van der Waals surface area contributed by atoms with Gasteiger partial charge in [0.2, 0.25) is 0 Å². The summed E-state index contributed by atoms with van der Waals surface area (Å²) in [7, 11) is 1.78. The Morgan fingerprint density at radius 1 is 1.21 bits per heavy atom. The third kappa shape index (κ3) is 6.06. The summed E-state index contributed by atoms with van der Waals surface area (Å²) in [5.41, 5.74) is 2.03. The van der Waals surface area contributed by atoms with Crippen LogP contribution < -0.4 is 15.4 Å². The molecule has 6 heteroatoms. The maximum absolute atomic E-state index is 5.72. The standard InChI is InChI=1S/C18H19N3OS2/c1-19-18(24)13-22-16-7-3-2-6-15(16)8-9-17(23)21-12-14-5-4-10-20-11-14/h2-11H,12-13H2,1H3,(H,19,24)(H,21,23). The van der Waals surface area contributed by atoms with Crippen LogP contribution in [0.2, 0.25) is 0 Å². The zero-order valence-electron chi connectivity index (χ0n) is 13.4. The molecule has 2 N–H and O–H groups in total. The number of hydrogen-bond acceptors (Lipinski definition) is 4. The van der Waals surface area contributed by atoms with Gasteiger partial charge in [0.15, 0.2) is 0 Å². The average molecular weight is 358 g/mol. The monoisotopic (exact) mass is 357 g/mol. The van der Waals surface area contributed by atoms with Gasteiger partial charge in [-0.15, -0.1) is 0 Å². The summed E-state index contributed by atoms with van der Waals surface area (Å²) in [5.74, 6) is 0.765. The molecule has 0 saturated heterocycles. The Morgan fingerprint density at radius 2 is 2.04 bits per heavy atom. The first kappa shape index (κ1) is 18.0. The lowest BCUT2D eigenvalue weighted by atomic mass is 10.2. The predicted molar refractivity (Wildman–Crippen MR) is 106 cm³/mol. The van der Waals surface area contributed by atoms with Crippen LogP contribution in [0.1, 0.15) is 11.1 Å². The molecule has 24 heavy (non-hydrogen) atoms. The third-order valence-corrected chi connectivity index (χ3v) is 3.76. The number of pyridine rings is 1. The van der Waals surface area contributed by atoms with E-state index in [1.807, 2.05) is 54.7 Å². The molecule has 0 aliphatic rings. The fourth-order valence-corrected chi connectivity index (χ4v) is 2.08. The lowest BCUT2D eigenvalue weighted by molar-refractivity contribution is 0.375. The van der Waals surface area contributed by atoms with E-state index in [1.54, 1.807) is 13.2 Å². The molecule has 1 heterocycles. The number of ether oxygens (including phenoxy) is 1. The van der Waals surface area contributed by atoms with Gasteiger partial charge in [0.05, 0.1) is 4.99 Å². The fourth-order valence-electron chi connectivity index (χ4n) is 1.88. The third-order valence-electron chi connectivity index (χ3n) is 3.16. The predicted octanol–water partition coefficient (Wildman–Crippen LogP) is 3.14. The van der Waals surface area contributed by atoms with Crippen molar-refractivity contribution < 1.29 is 4.74 Å². The molecule has 2 rings (SSSR count). The summed E-state index contributed by atoms with van der Waals surface area (Å²) in [6.45, 7) is 0.992. The van der Waals surface area contributed by atoms with Gasteiger partial charge < -0.3 is 15.4 Å². The van der Waals surface area contributed by atoms with Crippen LogP contribution in [0.3, 0.4) is 0 Å². The number of nitrogens with zero attached hydrogens (tertiary/aromatic N) is 1. The molecule has 124 valence electrons. The Morgan fingerprint density at radius 3 is 2.79 bits per heavy atom. The van der Waals surface area contributed by atoms with Crippen LogP contribution in [0, 0.1) is 0 Å². The highest BCUT2D eigenvalue weighted by Gasteiger charge is 2.02. The summed E-state index contributed by atoms with van der Waals surface area (Å²) in [6.07, 6.45) is 7.34. The minimum Gasteiger partial charge on any atom is -0.486 e. The molecule has 0 saturated carbocycles. The Balaban J connectivity index is 1.93. The minimum atomic E-state index is 0.348. The van der Waals surface area contributed by atoms with E-state index in [4.69, 9.17) is 29.2 Å². The Hall–Kier alpha value is -2.31. The minimum absolute atomic E-state index is 0.348. The van der Waals surface area contributed by atoms with Gasteiger partial charge in [0, 0.05) is 31.5 Å². The maximum atomic E-state index is 5.72. The van der Waals surface area contributed by atoms with Gasteiger partial charge in [-0.1, -0.05) is 48.7 Å². The summed E-state index contributed by atoms with van der Waals surface area (Å²) >= 11 is 10.4. The van der Waals surface area contributed by atoms with E-state index in [1.165, 1.54) is 0 Å². The van der Waals surface area contributed by atoms with E-state index < -0.39 is 0 Å². The number of rotatable bonds is 7. The Kier molecular flexibility index (Phi) is 7.32. The van der Waals surface area contributed by atoms with E-state index in [0.717, 1.165) is 16.9 Å². The van der Waals surface area contributed by atoms with E-state index in [9.17, 15) is 0 Å². The van der Waals surface area contributed by atoms with Crippen molar-refractivity contribution >= 4 is 40.5 Å². The van der Waals surface area contributed by atoms with Gasteiger partial charge in [-0.3, -0.25) is 4.98 Å². The summed E-state index contributed by atoms with van der Waals surface area (Å²) in [6, 6.07) is 11.7. The SMILES string of the molecule is CNC(=S)COc1ccccc1C=CC(=S)NCc1cccnc1. The van der Waals surface area contributed by atoms with Gasteiger partial charge in [0.25, 0.3) is 0 Å². The number of aromatic nitrogens is 1. The van der Waals surface area contributed by atoms with Crippen molar-refractivity contribution in [1.29, 1.82) is 0 Å². The van der Waals surface area contributed by atoms with Gasteiger partial charge in [0.1, 0.15) is 17.3 Å². The van der Waals surface area contributed by atoms with Crippen LogP contribution in [-0.2, 0) is 6.54 Å². The fraction of sp³-hybridized carbons (Fsp3) is 0.167. The largest absolute Gasteiger partial charge is 0.486 e. The lowest BCUT2D eigenvalue weighted by Crippen LogP contribution is -2.23. The summed E-state index contributed by atoms with van der Waals surface area (Å²) in [5, 5.41) is 6.07. The normalized spacial score (nSPS) is 10.4. The van der Waals surface area contributed by atoms with Crippen molar-refractivity contribution in [2.45, 2.75) is 6.54 Å². The van der Waals surface area contributed by atoms with Crippen LogP contribution in [0.15, 0.2) is 54.9 Å². The van der Waals surface area contributed by atoms with Gasteiger partial charge >= 0.3 is 0 Å². The molecule has 0 amide bonds. The zero-order chi connectivity index (χ0) is 17.2. The first-order valence-corrected chi connectivity index (χ1v) is 8.28. The Labute approximate surface area is 153 Å². The van der Waals surface area contributed by atoms with E-state index in [-0.39, 0.29) is 0 Å². The smallest absolute Gasteiger partial charge is 0.138 e. The molecule has 2 aromatic rings. The maximum Gasteiger partial charge on any atom is 0.138 e. The van der Waals surface area contributed by atoms with Crippen molar-refractivity contribution in [3.63, 3.8) is 0 Å². The number of hydrogen-bond donors (Lipinski definition) is 2. The van der Waals surface area contributed by atoms with Crippen LogP contribution in [0.5, 0.6) is 5.75 Å². The first-order valence-electron chi connectivity index (χ1n) is 7.46. The van der Waals surface area contributed by atoms with Crippen molar-refractivity contribution in [1.82, 2.24) is 15.6 Å². The molecule has 0 aliphatic heterocycles. The number of benzene rings is 1. The van der Waals surface area contributed by atoms with E-state index >= 15 is 0 Å². The molecule has 0 bridgehead atoms. The topological polar surface area (TPSA) is 46.2 Å². The molecular weight excluding hydrogens is 338 g/mol. The summed E-state index contributed by atoms with van der Waals surface area (Å²) in [4.78, 5) is 5.38. The molecule has 0 fully saturated rings. The number of likely N-dealkylation sites (N-methyl/N-ethyl adjacent to an activating group) is 1. The molecular formula is C18H19N3OS2. The molecule has 1 aromatic carbocycles. The molecule has 1 aromatic heterocycles. The average Bonchev–Trinajstić information content (AvgIpc) is 2.64. The first-order chi connectivity index (χ1) is 11.7. The molecule has 4 nitrogen and oxygen atoms in total. The van der Waals surface area contributed by atoms with Crippen molar-refractivity contribution in [3.8, 4) is 5.75 Å². The molecule has 0 atom stereocenters. The zero-order valence-corrected chi connectivity index (χ0v) is 15.0. The quantitative estimate of drug-likeness (QED) is 0.586. The van der Waals surface area contributed by atoms with Crippen LogP contribution in [0.4, 0.5) is 0 Å². The van der Waals surface area contributed by atoms with Gasteiger partial charge in [-0.05, 0) is 29.8 Å². The molecule has 0 unspecified atom stereocenters. The highest BCUT2D eigenvalue weighted by Crippen LogP contribution is 2.19. The highest BCUT2D eigenvalue weighted by molar-refractivity contribution is 7.80. The number of para-hydroxylation sites is 1. The van der Waals surface area contributed by atoms with Crippen LogP contribution >= 0.6 is 24.4 Å². The number of nitrogens with one attached hydrogen (secondary N) is 2. The van der Waals surface area contributed by atoms with Crippen molar-refractivity contribution in [2.75, 3.05) is 13.7 Å². The lowest BCUT2D eigenvalue weighted by Gasteiger charge is -2.10. The molecule has 0 spiro atoms. The van der Waals surface area contributed by atoms with E-state index in [0.29, 0.717) is 23.1 Å². The Bertz CT molecular complexity index is 717. The van der Waals surface area contributed by atoms with Crippen molar-refractivity contribution in [3.05, 3.63) is 66.0 Å². The van der Waals surface area contributed by atoms with Crippen LogP contribution in [0.25, 0.3) is 6.08 Å². The van der Waals surface area contributed by atoms with E-state index in [2.05, 4.69) is 15.6 Å². The second-order valence-corrected chi connectivity index (χ2v) is 5.84. The van der Waals surface area contributed by atoms with Crippen LogP contribution in [-0.4, -0.2) is 28.6 Å². The number of thiocarbonyl (C=S) groups is 2.